The Morgan fingerprint density at radius 2 is 2.35 bits per heavy atom. The molecule has 2 rings (SSSR count). The van der Waals surface area contributed by atoms with E-state index in [0.717, 1.165) is 16.6 Å². The minimum absolute atomic E-state index is 0.463. The average molecular weight is 250 g/mol. The summed E-state index contributed by atoms with van der Waals surface area (Å²) in [6.07, 6.45) is 0. The lowest BCUT2D eigenvalue weighted by Crippen LogP contribution is -2.32. The Morgan fingerprint density at radius 3 is 3.06 bits per heavy atom. The normalized spacial score (nSPS) is 10.6. The summed E-state index contributed by atoms with van der Waals surface area (Å²) in [5.41, 5.74) is 8.24. The van der Waals surface area contributed by atoms with Crippen molar-refractivity contribution < 1.29 is 4.79 Å². The quantitative estimate of drug-likeness (QED) is 0.725. The summed E-state index contributed by atoms with van der Waals surface area (Å²) in [5, 5.41) is 2.55. The number of primary amides is 1. The molecule has 0 aliphatic heterocycles. The van der Waals surface area contributed by atoms with Gasteiger partial charge in [-0.05, 0) is 30.8 Å². The van der Waals surface area contributed by atoms with Gasteiger partial charge >= 0.3 is 6.03 Å². The lowest BCUT2D eigenvalue weighted by atomic mass is 10.2. The minimum Gasteiger partial charge on any atom is -0.352 e. The molecule has 0 bridgehead atoms. The SMILES string of the molecule is Cc1cccc2c1[nH]c(=S)n2CCNC(N)=O. The van der Waals surface area contributed by atoms with Gasteiger partial charge in [0.15, 0.2) is 4.77 Å². The Balaban J connectivity index is 2.34. The van der Waals surface area contributed by atoms with Crippen LogP contribution >= 0.6 is 12.2 Å². The second-order valence-corrected chi connectivity index (χ2v) is 4.23. The molecule has 0 spiro atoms. The summed E-state index contributed by atoms with van der Waals surface area (Å²) < 4.78 is 2.61. The highest BCUT2D eigenvalue weighted by Gasteiger charge is 2.05. The molecule has 2 aromatic rings. The highest BCUT2D eigenvalue weighted by atomic mass is 32.1. The molecular formula is C11H14N4OS. The van der Waals surface area contributed by atoms with Gasteiger partial charge in [-0.15, -0.1) is 0 Å². The van der Waals surface area contributed by atoms with Crippen LogP contribution in [0.4, 0.5) is 4.79 Å². The maximum absolute atomic E-state index is 10.6. The Labute approximate surface area is 104 Å². The first-order chi connectivity index (χ1) is 8.09. The first-order valence-electron chi connectivity index (χ1n) is 5.31. The van der Waals surface area contributed by atoms with Gasteiger partial charge in [-0.1, -0.05) is 12.1 Å². The number of amides is 2. The number of aromatic nitrogens is 2. The predicted molar refractivity (Wildman–Crippen MR) is 69.4 cm³/mol. The van der Waals surface area contributed by atoms with Crippen LogP contribution < -0.4 is 11.1 Å². The maximum atomic E-state index is 10.6. The van der Waals surface area contributed by atoms with E-state index in [1.54, 1.807) is 0 Å². The number of rotatable bonds is 3. The topological polar surface area (TPSA) is 75.8 Å². The summed E-state index contributed by atoms with van der Waals surface area (Å²) in [6, 6.07) is 5.49. The van der Waals surface area contributed by atoms with Gasteiger partial charge in [0.25, 0.3) is 0 Å². The van der Waals surface area contributed by atoms with E-state index in [4.69, 9.17) is 18.0 Å². The van der Waals surface area contributed by atoms with E-state index in [0.29, 0.717) is 17.9 Å². The number of aromatic amines is 1. The molecule has 1 aromatic carbocycles. The molecule has 5 nitrogen and oxygen atoms in total. The average Bonchev–Trinajstić information content (AvgIpc) is 2.57. The van der Waals surface area contributed by atoms with E-state index in [-0.39, 0.29) is 0 Å². The maximum Gasteiger partial charge on any atom is 0.312 e. The van der Waals surface area contributed by atoms with Crippen molar-refractivity contribution in [3.05, 3.63) is 28.5 Å². The monoisotopic (exact) mass is 250 g/mol. The standard InChI is InChI=1S/C11H14N4OS/c1-7-3-2-4-8-9(7)14-11(17)15(8)6-5-13-10(12)16/h2-4H,5-6H2,1H3,(H,14,17)(H3,12,13,16). The molecule has 4 N–H and O–H groups in total. The highest BCUT2D eigenvalue weighted by Crippen LogP contribution is 2.17. The molecule has 0 radical (unpaired) electrons. The van der Waals surface area contributed by atoms with E-state index < -0.39 is 6.03 Å². The van der Waals surface area contributed by atoms with Gasteiger partial charge < -0.3 is 20.6 Å². The number of hydrogen-bond acceptors (Lipinski definition) is 2. The fourth-order valence-electron chi connectivity index (χ4n) is 1.84. The van der Waals surface area contributed by atoms with Crippen molar-refractivity contribution in [3.63, 3.8) is 0 Å². The van der Waals surface area contributed by atoms with Gasteiger partial charge in [0.1, 0.15) is 0 Å². The van der Waals surface area contributed by atoms with Crippen LogP contribution in [-0.2, 0) is 6.54 Å². The summed E-state index contributed by atoms with van der Waals surface area (Å²) >= 11 is 5.26. The van der Waals surface area contributed by atoms with Gasteiger partial charge in [0, 0.05) is 13.1 Å². The zero-order valence-corrected chi connectivity index (χ0v) is 10.3. The van der Waals surface area contributed by atoms with Crippen molar-refractivity contribution in [2.45, 2.75) is 13.5 Å². The van der Waals surface area contributed by atoms with E-state index in [1.165, 1.54) is 0 Å². The zero-order valence-electron chi connectivity index (χ0n) is 9.49. The number of benzene rings is 1. The van der Waals surface area contributed by atoms with Gasteiger partial charge in [-0.25, -0.2) is 4.79 Å². The molecule has 0 unspecified atom stereocenters. The van der Waals surface area contributed by atoms with Crippen molar-refractivity contribution in [2.75, 3.05) is 6.54 Å². The van der Waals surface area contributed by atoms with Crippen LogP contribution in [0.25, 0.3) is 11.0 Å². The molecule has 2 amide bonds. The molecule has 0 aliphatic carbocycles. The second-order valence-electron chi connectivity index (χ2n) is 3.84. The lowest BCUT2D eigenvalue weighted by Gasteiger charge is -2.05. The minimum atomic E-state index is -0.521. The Kier molecular flexibility index (Phi) is 3.14. The van der Waals surface area contributed by atoms with Crippen molar-refractivity contribution in [3.8, 4) is 0 Å². The predicted octanol–water partition coefficient (Wildman–Crippen LogP) is 1.68. The van der Waals surface area contributed by atoms with Crippen LogP contribution in [0.3, 0.4) is 0 Å². The van der Waals surface area contributed by atoms with E-state index in [9.17, 15) is 4.79 Å². The van der Waals surface area contributed by atoms with Gasteiger partial charge in [0.2, 0.25) is 0 Å². The Bertz CT molecular complexity index is 613. The molecule has 0 atom stereocenters. The number of nitrogens with one attached hydrogen (secondary N) is 2. The van der Waals surface area contributed by atoms with E-state index in [2.05, 4.69) is 10.3 Å². The molecule has 90 valence electrons. The molecule has 0 aliphatic rings. The number of carbonyl (C=O) groups excluding carboxylic acids is 1. The number of nitrogens with zero attached hydrogens (tertiary/aromatic N) is 1. The fourth-order valence-corrected chi connectivity index (χ4v) is 2.13. The largest absolute Gasteiger partial charge is 0.352 e. The third-order valence-electron chi connectivity index (χ3n) is 2.65. The summed E-state index contributed by atoms with van der Waals surface area (Å²) in [6.45, 7) is 3.09. The second kappa shape index (κ2) is 4.58. The molecule has 0 saturated heterocycles. The Morgan fingerprint density at radius 1 is 1.59 bits per heavy atom. The number of fused-ring (bicyclic) bond motifs is 1. The molecule has 17 heavy (non-hydrogen) atoms. The van der Waals surface area contributed by atoms with Crippen LogP contribution in [0.2, 0.25) is 0 Å². The number of urea groups is 1. The van der Waals surface area contributed by atoms with Gasteiger partial charge in [-0.3, -0.25) is 0 Å². The van der Waals surface area contributed by atoms with Crippen molar-refractivity contribution >= 4 is 29.3 Å². The fraction of sp³-hybridized carbons (Fsp3) is 0.273. The number of aryl methyl sites for hydroxylation is 1. The molecule has 1 heterocycles. The number of hydrogen-bond donors (Lipinski definition) is 3. The number of carbonyl (C=O) groups is 1. The first-order valence-corrected chi connectivity index (χ1v) is 5.72. The van der Waals surface area contributed by atoms with Crippen LogP contribution in [0.15, 0.2) is 18.2 Å². The lowest BCUT2D eigenvalue weighted by molar-refractivity contribution is 0.248. The van der Waals surface area contributed by atoms with Crippen LogP contribution in [-0.4, -0.2) is 22.1 Å². The molecular weight excluding hydrogens is 236 g/mol. The molecule has 6 heteroatoms. The van der Waals surface area contributed by atoms with Crippen LogP contribution in [0.5, 0.6) is 0 Å². The van der Waals surface area contributed by atoms with E-state index >= 15 is 0 Å². The van der Waals surface area contributed by atoms with Crippen LogP contribution in [0, 0.1) is 11.7 Å². The van der Waals surface area contributed by atoms with Crippen LogP contribution in [0.1, 0.15) is 5.56 Å². The van der Waals surface area contributed by atoms with Gasteiger partial charge in [-0.2, -0.15) is 0 Å². The third-order valence-corrected chi connectivity index (χ3v) is 2.98. The number of H-pyrrole nitrogens is 1. The van der Waals surface area contributed by atoms with E-state index in [1.807, 2.05) is 29.7 Å². The van der Waals surface area contributed by atoms with Crippen molar-refractivity contribution in [1.82, 2.24) is 14.9 Å². The number of imidazole rings is 1. The van der Waals surface area contributed by atoms with Gasteiger partial charge in [0.05, 0.1) is 11.0 Å². The van der Waals surface area contributed by atoms with Crippen molar-refractivity contribution in [1.29, 1.82) is 0 Å². The molecule has 0 fully saturated rings. The smallest absolute Gasteiger partial charge is 0.312 e. The first kappa shape index (κ1) is 11.7. The summed E-state index contributed by atoms with van der Waals surface area (Å²) in [5.74, 6) is 0. The third kappa shape index (κ3) is 2.31. The number of para-hydroxylation sites is 1. The molecule has 0 saturated carbocycles. The Hall–Kier alpha value is -1.82. The summed E-state index contributed by atoms with van der Waals surface area (Å²) in [4.78, 5) is 13.8. The molecule has 1 aromatic heterocycles. The zero-order chi connectivity index (χ0) is 12.4. The summed E-state index contributed by atoms with van der Waals surface area (Å²) in [7, 11) is 0. The van der Waals surface area contributed by atoms with Crippen molar-refractivity contribution in [2.24, 2.45) is 5.73 Å². The highest BCUT2D eigenvalue weighted by molar-refractivity contribution is 7.71. The number of nitrogens with two attached hydrogens (primary N) is 1.